The average molecular weight is 243 g/mol. The number of nitrogen functional groups attached to an aromatic ring is 1. The summed E-state index contributed by atoms with van der Waals surface area (Å²) < 4.78 is 1.72. The van der Waals surface area contributed by atoms with Gasteiger partial charge >= 0.3 is 0 Å². The van der Waals surface area contributed by atoms with Crippen LogP contribution in [0.3, 0.4) is 0 Å². The Morgan fingerprint density at radius 2 is 2.39 bits per heavy atom. The molecule has 2 aromatic rings. The van der Waals surface area contributed by atoms with Crippen LogP contribution < -0.4 is 11.1 Å². The molecule has 0 saturated heterocycles. The van der Waals surface area contributed by atoms with Gasteiger partial charge in [0.05, 0.1) is 6.54 Å². The first kappa shape index (κ1) is 11.2. The van der Waals surface area contributed by atoms with Crippen molar-refractivity contribution >= 4 is 5.69 Å². The Hall–Kier alpha value is -1.88. The Morgan fingerprint density at radius 1 is 1.50 bits per heavy atom. The number of nitrogens with zero attached hydrogens (tertiary/aromatic N) is 3. The van der Waals surface area contributed by atoms with Gasteiger partial charge in [0.25, 0.3) is 0 Å². The third-order valence-electron chi connectivity index (χ3n) is 3.40. The van der Waals surface area contributed by atoms with Crippen LogP contribution in [-0.2, 0) is 20.0 Å². The number of aryl methyl sites for hydroxylation is 2. The third kappa shape index (κ3) is 2.09. The summed E-state index contributed by atoms with van der Waals surface area (Å²) in [6.45, 7) is 0.704. The van der Waals surface area contributed by atoms with E-state index < -0.39 is 0 Å². The molecule has 1 aromatic carbocycles. The van der Waals surface area contributed by atoms with Crippen molar-refractivity contribution in [2.75, 3.05) is 5.73 Å². The van der Waals surface area contributed by atoms with E-state index in [9.17, 15) is 0 Å². The normalized spacial score (nSPS) is 17.9. The number of fused-ring (bicyclic) bond motifs is 1. The van der Waals surface area contributed by atoms with Crippen molar-refractivity contribution in [3.8, 4) is 0 Å². The van der Waals surface area contributed by atoms with Crippen molar-refractivity contribution in [1.82, 2.24) is 20.1 Å². The number of nitrogens with one attached hydrogen (secondary N) is 1. The zero-order valence-electron chi connectivity index (χ0n) is 10.4. The molecule has 0 spiro atoms. The molecule has 1 heterocycles. The Morgan fingerprint density at radius 3 is 3.17 bits per heavy atom. The highest BCUT2D eigenvalue weighted by Crippen LogP contribution is 2.32. The minimum absolute atomic E-state index is 0.393. The van der Waals surface area contributed by atoms with Gasteiger partial charge < -0.3 is 11.1 Å². The van der Waals surface area contributed by atoms with Gasteiger partial charge in [0.1, 0.15) is 6.33 Å². The van der Waals surface area contributed by atoms with E-state index in [1.807, 2.05) is 13.1 Å². The third-order valence-corrected chi connectivity index (χ3v) is 3.40. The van der Waals surface area contributed by atoms with E-state index in [4.69, 9.17) is 5.73 Å². The lowest BCUT2D eigenvalue weighted by Gasteiger charge is -2.12. The smallest absolute Gasteiger partial charge is 0.164 e. The minimum atomic E-state index is 0.393. The maximum Gasteiger partial charge on any atom is 0.164 e. The van der Waals surface area contributed by atoms with Crippen LogP contribution in [0.25, 0.3) is 0 Å². The van der Waals surface area contributed by atoms with E-state index >= 15 is 0 Å². The van der Waals surface area contributed by atoms with E-state index in [1.54, 1.807) is 11.0 Å². The molecular formula is C13H17N5. The predicted molar refractivity (Wildman–Crippen MR) is 69.8 cm³/mol. The fourth-order valence-corrected chi connectivity index (χ4v) is 2.53. The largest absolute Gasteiger partial charge is 0.399 e. The first-order valence-electron chi connectivity index (χ1n) is 6.18. The van der Waals surface area contributed by atoms with Crippen LogP contribution in [0.5, 0.6) is 0 Å². The Kier molecular flexibility index (Phi) is 2.76. The van der Waals surface area contributed by atoms with Crippen molar-refractivity contribution in [1.29, 1.82) is 0 Å². The molecule has 3 rings (SSSR count). The maximum absolute atomic E-state index is 5.80. The van der Waals surface area contributed by atoms with Crippen LogP contribution in [0.1, 0.15) is 29.4 Å². The van der Waals surface area contributed by atoms with E-state index in [-0.39, 0.29) is 0 Å². The van der Waals surface area contributed by atoms with Crippen LogP contribution in [-0.4, -0.2) is 14.8 Å². The first-order valence-corrected chi connectivity index (χ1v) is 6.18. The van der Waals surface area contributed by atoms with Crippen LogP contribution in [0.4, 0.5) is 5.69 Å². The molecule has 1 aromatic heterocycles. The fourth-order valence-electron chi connectivity index (χ4n) is 2.53. The predicted octanol–water partition coefficient (Wildman–Crippen LogP) is 1.17. The van der Waals surface area contributed by atoms with Crippen LogP contribution in [0.2, 0.25) is 0 Å². The molecule has 0 bridgehead atoms. The van der Waals surface area contributed by atoms with Gasteiger partial charge in [-0.25, -0.2) is 4.98 Å². The second kappa shape index (κ2) is 4.42. The highest BCUT2D eigenvalue weighted by molar-refractivity contribution is 5.47. The summed E-state index contributed by atoms with van der Waals surface area (Å²) in [4.78, 5) is 4.22. The molecule has 1 aliphatic rings. The lowest BCUT2D eigenvalue weighted by atomic mass is 10.1. The van der Waals surface area contributed by atoms with Crippen molar-refractivity contribution in [2.24, 2.45) is 7.05 Å². The number of rotatable bonds is 3. The van der Waals surface area contributed by atoms with Gasteiger partial charge in [0.15, 0.2) is 5.82 Å². The summed E-state index contributed by atoms with van der Waals surface area (Å²) in [5.74, 6) is 0.835. The molecule has 5 nitrogen and oxygen atoms in total. The molecule has 1 atom stereocenters. The number of hydrogen-bond acceptors (Lipinski definition) is 4. The summed E-state index contributed by atoms with van der Waals surface area (Å²) in [6, 6.07) is 6.57. The average Bonchev–Trinajstić information content (AvgIpc) is 2.92. The van der Waals surface area contributed by atoms with Gasteiger partial charge in [-0.1, -0.05) is 6.07 Å². The Balaban J connectivity index is 1.69. The molecule has 0 radical (unpaired) electrons. The zero-order valence-corrected chi connectivity index (χ0v) is 10.4. The molecule has 1 aliphatic carbocycles. The second-order valence-electron chi connectivity index (χ2n) is 4.76. The molecular weight excluding hydrogens is 226 g/mol. The molecule has 0 saturated carbocycles. The number of anilines is 1. The van der Waals surface area contributed by atoms with Crippen molar-refractivity contribution < 1.29 is 0 Å². The Bertz CT molecular complexity index is 560. The maximum atomic E-state index is 5.80. The van der Waals surface area contributed by atoms with Gasteiger partial charge in [-0.2, -0.15) is 5.10 Å². The summed E-state index contributed by atoms with van der Waals surface area (Å²) in [5, 5.41) is 7.77. The fraction of sp³-hybridized carbons (Fsp3) is 0.385. The van der Waals surface area contributed by atoms with Crippen molar-refractivity contribution in [3.05, 3.63) is 41.5 Å². The second-order valence-corrected chi connectivity index (χ2v) is 4.76. The molecule has 5 heteroatoms. The molecule has 1 unspecified atom stereocenters. The highest BCUT2D eigenvalue weighted by atomic mass is 15.3. The van der Waals surface area contributed by atoms with Crippen LogP contribution >= 0.6 is 0 Å². The number of benzene rings is 1. The lowest BCUT2D eigenvalue weighted by molar-refractivity contribution is 0.517. The summed E-state index contributed by atoms with van der Waals surface area (Å²) >= 11 is 0. The SMILES string of the molecule is Cn1cnc(CNC2CCc3cc(N)ccc32)n1. The highest BCUT2D eigenvalue weighted by Gasteiger charge is 2.22. The lowest BCUT2D eigenvalue weighted by Crippen LogP contribution is -2.19. The summed E-state index contributed by atoms with van der Waals surface area (Å²) in [5.41, 5.74) is 9.37. The van der Waals surface area contributed by atoms with Gasteiger partial charge in [0, 0.05) is 18.8 Å². The standard InChI is InChI=1S/C13H17N5/c1-18-8-16-13(17-18)7-15-12-5-2-9-6-10(14)3-4-11(9)12/h3-4,6,8,12,15H,2,5,7,14H2,1H3. The van der Waals surface area contributed by atoms with Crippen molar-refractivity contribution in [2.45, 2.75) is 25.4 Å². The van der Waals surface area contributed by atoms with Gasteiger partial charge in [-0.05, 0) is 36.1 Å². The van der Waals surface area contributed by atoms with E-state index in [2.05, 4.69) is 27.5 Å². The van der Waals surface area contributed by atoms with E-state index in [1.165, 1.54) is 11.1 Å². The molecule has 0 amide bonds. The van der Waals surface area contributed by atoms with E-state index in [0.29, 0.717) is 12.6 Å². The van der Waals surface area contributed by atoms with Crippen LogP contribution in [0, 0.1) is 0 Å². The van der Waals surface area contributed by atoms with Crippen molar-refractivity contribution in [3.63, 3.8) is 0 Å². The summed E-state index contributed by atoms with van der Waals surface area (Å²) in [7, 11) is 1.88. The topological polar surface area (TPSA) is 68.8 Å². The van der Waals surface area contributed by atoms with Gasteiger partial charge in [0.2, 0.25) is 0 Å². The van der Waals surface area contributed by atoms with E-state index in [0.717, 1.165) is 24.4 Å². The first-order chi connectivity index (χ1) is 8.72. The molecule has 18 heavy (non-hydrogen) atoms. The molecule has 3 N–H and O–H groups in total. The van der Waals surface area contributed by atoms with Crippen LogP contribution in [0.15, 0.2) is 24.5 Å². The number of nitrogens with two attached hydrogens (primary N) is 1. The number of hydrogen-bond donors (Lipinski definition) is 2. The molecule has 94 valence electrons. The molecule has 0 fully saturated rings. The zero-order chi connectivity index (χ0) is 12.5. The molecule has 0 aliphatic heterocycles. The Labute approximate surface area is 106 Å². The minimum Gasteiger partial charge on any atom is -0.399 e. The quantitative estimate of drug-likeness (QED) is 0.794. The van der Waals surface area contributed by atoms with Gasteiger partial charge in [-0.3, -0.25) is 4.68 Å². The monoisotopic (exact) mass is 243 g/mol. The summed E-state index contributed by atoms with van der Waals surface area (Å²) in [6.07, 6.45) is 3.93. The number of aromatic nitrogens is 3. The van der Waals surface area contributed by atoms with Gasteiger partial charge in [-0.15, -0.1) is 0 Å².